The molecule has 1 atom stereocenters. The van der Waals surface area contributed by atoms with E-state index >= 15 is 0 Å². The lowest BCUT2D eigenvalue weighted by Crippen LogP contribution is -2.38. The van der Waals surface area contributed by atoms with E-state index in [0.717, 1.165) is 10.9 Å². The van der Waals surface area contributed by atoms with Gasteiger partial charge >= 0.3 is 0 Å². The van der Waals surface area contributed by atoms with Gasteiger partial charge in [-0.25, -0.2) is 0 Å². The maximum absolute atomic E-state index is 4.64. The summed E-state index contributed by atoms with van der Waals surface area (Å²) in [6.07, 6.45) is 0. The van der Waals surface area contributed by atoms with Crippen molar-refractivity contribution in [1.82, 2.24) is 5.32 Å². The molecule has 0 aromatic heterocycles. The van der Waals surface area contributed by atoms with Crippen molar-refractivity contribution in [2.75, 3.05) is 5.75 Å². The lowest BCUT2D eigenvalue weighted by Gasteiger charge is -2.21. The summed E-state index contributed by atoms with van der Waals surface area (Å²) in [5.41, 5.74) is 0.137. The third kappa shape index (κ3) is 3.59. The van der Waals surface area contributed by atoms with Gasteiger partial charge in [0.1, 0.15) is 0 Å². The Hall–Kier alpha value is -0.180. The molecule has 0 saturated carbocycles. The number of amidine groups is 1. The van der Waals surface area contributed by atoms with E-state index in [1.54, 1.807) is 0 Å². The number of hydrogen-bond acceptors (Lipinski definition) is 3. The molecule has 0 radical (unpaired) electrons. The number of thioether (sulfide) groups is 1. The van der Waals surface area contributed by atoms with E-state index in [2.05, 4.69) is 44.9 Å². The summed E-state index contributed by atoms with van der Waals surface area (Å²) in [6, 6.07) is 0.509. The predicted octanol–water partition coefficient (Wildman–Crippen LogP) is 2.50. The molecular weight excluding hydrogens is 180 g/mol. The van der Waals surface area contributed by atoms with Crippen molar-refractivity contribution in [3.8, 4) is 0 Å². The van der Waals surface area contributed by atoms with Crippen LogP contribution in [0.5, 0.6) is 0 Å². The molecule has 1 rings (SSSR count). The zero-order valence-electron chi connectivity index (χ0n) is 9.22. The molecule has 1 aliphatic heterocycles. The van der Waals surface area contributed by atoms with Gasteiger partial charge < -0.3 is 5.32 Å². The van der Waals surface area contributed by atoms with Gasteiger partial charge in [0.05, 0.1) is 6.04 Å². The maximum atomic E-state index is 4.64. The van der Waals surface area contributed by atoms with Crippen molar-refractivity contribution in [3.05, 3.63) is 0 Å². The highest BCUT2D eigenvalue weighted by atomic mass is 32.2. The Kier molecular flexibility index (Phi) is 3.28. The number of nitrogens with zero attached hydrogens (tertiary/aromatic N) is 1. The number of nitrogens with one attached hydrogen (secondary N) is 1. The Labute approximate surface area is 85.6 Å². The van der Waals surface area contributed by atoms with Crippen molar-refractivity contribution >= 4 is 16.9 Å². The molecule has 13 heavy (non-hydrogen) atoms. The summed E-state index contributed by atoms with van der Waals surface area (Å²) >= 11 is 1.84. The molecule has 0 spiro atoms. The molecule has 1 aliphatic rings. The fourth-order valence-electron chi connectivity index (χ4n) is 1.12. The van der Waals surface area contributed by atoms with Crippen LogP contribution in [-0.2, 0) is 0 Å². The van der Waals surface area contributed by atoms with Gasteiger partial charge in [-0.2, -0.15) is 0 Å². The van der Waals surface area contributed by atoms with Crippen LogP contribution in [0.15, 0.2) is 4.99 Å². The standard InChI is InChI=1S/C10H20N2S/c1-7(2)8-6-13-9(11-8)12-10(3,4)5/h7-8H,6H2,1-5H3,(H,11,12)/t8-/m1/s1. The molecule has 0 aromatic rings. The van der Waals surface area contributed by atoms with Crippen LogP contribution >= 0.6 is 11.8 Å². The van der Waals surface area contributed by atoms with E-state index < -0.39 is 0 Å². The van der Waals surface area contributed by atoms with Crippen LogP contribution in [0.1, 0.15) is 34.6 Å². The average molecular weight is 200 g/mol. The highest BCUT2D eigenvalue weighted by Crippen LogP contribution is 2.23. The van der Waals surface area contributed by atoms with E-state index in [0.29, 0.717) is 12.0 Å². The Morgan fingerprint density at radius 1 is 1.46 bits per heavy atom. The molecule has 0 amide bonds. The van der Waals surface area contributed by atoms with E-state index in [-0.39, 0.29) is 5.54 Å². The fraction of sp³-hybridized carbons (Fsp3) is 0.900. The van der Waals surface area contributed by atoms with Gasteiger partial charge in [-0.15, -0.1) is 0 Å². The maximum Gasteiger partial charge on any atom is 0.157 e. The van der Waals surface area contributed by atoms with Crippen LogP contribution in [0.4, 0.5) is 0 Å². The topological polar surface area (TPSA) is 24.4 Å². The first-order valence-electron chi connectivity index (χ1n) is 4.87. The molecule has 76 valence electrons. The first kappa shape index (κ1) is 10.9. The molecule has 0 saturated heterocycles. The first-order chi connectivity index (χ1) is 5.88. The molecule has 3 heteroatoms. The number of hydrogen-bond donors (Lipinski definition) is 1. The molecule has 1 N–H and O–H groups in total. The number of aliphatic imine (C=N–C) groups is 1. The van der Waals surface area contributed by atoms with Crippen molar-refractivity contribution in [1.29, 1.82) is 0 Å². The van der Waals surface area contributed by atoms with Crippen LogP contribution in [0.2, 0.25) is 0 Å². The van der Waals surface area contributed by atoms with Crippen LogP contribution < -0.4 is 5.32 Å². The van der Waals surface area contributed by atoms with Crippen molar-refractivity contribution in [3.63, 3.8) is 0 Å². The minimum atomic E-state index is 0.137. The zero-order chi connectivity index (χ0) is 10.1. The quantitative estimate of drug-likeness (QED) is 0.703. The summed E-state index contributed by atoms with van der Waals surface area (Å²) in [6.45, 7) is 11.0. The van der Waals surface area contributed by atoms with Gasteiger partial charge in [-0.05, 0) is 26.7 Å². The highest BCUT2D eigenvalue weighted by Gasteiger charge is 2.23. The van der Waals surface area contributed by atoms with E-state index in [9.17, 15) is 0 Å². The second-order valence-corrected chi connectivity index (χ2v) is 5.94. The van der Waals surface area contributed by atoms with Crippen LogP contribution in [0.3, 0.4) is 0 Å². The summed E-state index contributed by atoms with van der Waals surface area (Å²) < 4.78 is 0. The van der Waals surface area contributed by atoms with Gasteiger partial charge in [-0.1, -0.05) is 25.6 Å². The molecular formula is C10H20N2S. The Morgan fingerprint density at radius 2 is 2.08 bits per heavy atom. The summed E-state index contributed by atoms with van der Waals surface area (Å²) in [5, 5.41) is 4.53. The molecule has 0 bridgehead atoms. The van der Waals surface area contributed by atoms with Crippen LogP contribution in [0, 0.1) is 5.92 Å². The SMILES string of the molecule is CC(C)[C@H]1CSC(NC(C)(C)C)=N1. The summed E-state index contributed by atoms with van der Waals surface area (Å²) in [4.78, 5) is 4.64. The molecule has 1 heterocycles. The number of rotatable bonds is 1. The first-order valence-corrected chi connectivity index (χ1v) is 5.86. The molecule has 0 aromatic carbocycles. The van der Waals surface area contributed by atoms with Gasteiger partial charge in [0.15, 0.2) is 5.17 Å². The van der Waals surface area contributed by atoms with Crippen LogP contribution in [-0.4, -0.2) is 22.5 Å². The molecule has 2 nitrogen and oxygen atoms in total. The average Bonchev–Trinajstić information content (AvgIpc) is 2.31. The normalized spacial score (nSPS) is 23.5. The Morgan fingerprint density at radius 3 is 2.46 bits per heavy atom. The second-order valence-electron chi connectivity index (χ2n) is 4.93. The van der Waals surface area contributed by atoms with E-state index in [4.69, 9.17) is 0 Å². The van der Waals surface area contributed by atoms with Crippen LogP contribution in [0.25, 0.3) is 0 Å². The largest absolute Gasteiger partial charge is 0.360 e. The summed E-state index contributed by atoms with van der Waals surface area (Å²) in [7, 11) is 0. The third-order valence-corrected chi connectivity index (χ3v) is 2.91. The zero-order valence-corrected chi connectivity index (χ0v) is 10.0. The van der Waals surface area contributed by atoms with Crippen molar-refractivity contribution < 1.29 is 0 Å². The smallest absolute Gasteiger partial charge is 0.157 e. The highest BCUT2D eigenvalue weighted by molar-refractivity contribution is 8.14. The van der Waals surface area contributed by atoms with Crippen molar-refractivity contribution in [2.24, 2.45) is 10.9 Å². The Bertz CT molecular complexity index is 203. The second kappa shape index (κ2) is 3.91. The fourth-order valence-corrected chi connectivity index (χ4v) is 2.50. The third-order valence-electron chi connectivity index (χ3n) is 1.93. The molecule has 0 fully saturated rings. The Balaban J connectivity index is 2.50. The monoisotopic (exact) mass is 200 g/mol. The van der Waals surface area contributed by atoms with Gasteiger partial charge in [0.25, 0.3) is 0 Å². The van der Waals surface area contributed by atoms with Gasteiger partial charge in [0.2, 0.25) is 0 Å². The van der Waals surface area contributed by atoms with E-state index in [1.165, 1.54) is 0 Å². The van der Waals surface area contributed by atoms with Gasteiger partial charge in [-0.3, -0.25) is 4.99 Å². The van der Waals surface area contributed by atoms with Gasteiger partial charge in [0, 0.05) is 11.3 Å². The van der Waals surface area contributed by atoms with E-state index in [1.807, 2.05) is 11.8 Å². The molecule has 0 unspecified atom stereocenters. The summed E-state index contributed by atoms with van der Waals surface area (Å²) in [5.74, 6) is 1.79. The molecule has 0 aliphatic carbocycles. The lowest BCUT2D eigenvalue weighted by atomic mass is 10.1. The van der Waals surface area contributed by atoms with Crippen molar-refractivity contribution in [2.45, 2.75) is 46.2 Å². The minimum absolute atomic E-state index is 0.137. The minimum Gasteiger partial charge on any atom is -0.360 e. The lowest BCUT2D eigenvalue weighted by molar-refractivity contribution is 0.507. The predicted molar refractivity (Wildman–Crippen MR) is 61.4 cm³/mol.